The largest absolute Gasteiger partial charge is 0.495 e. The maximum Gasteiger partial charge on any atom is 0.137 e. The van der Waals surface area contributed by atoms with Gasteiger partial charge in [0.15, 0.2) is 0 Å². The van der Waals surface area contributed by atoms with E-state index in [4.69, 9.17) is 4.74 Å². The highest BCUT2D eigenvalue weighted by Gasteiger charge is 1.96. The van der Waals surface area contributed by atoms with Crippen LogP contribution >= 0.6 is 0 Å². The zero-order valence-corrected chi connectivity index (χ0v) is 9.66. The molecule has 1 aromatic heterocycles. The van der Waals surface area contributed by atoms with Crippen molar-refractivity contribution in [1.29, 1.82) is 0 Å². The standard InChI is InChI=1S/C9H14N2O.C2H6/c1-7(2)11-9-5-4-8(12-3)6-10-9;1-2/h4-7H,1-3H3,(H,10,11);1-2H3. The van der Waals surface area contributed by atoms with Gasteiger partial charge in [-0.1, -0.05) is 13.8 Å². The van der Waals surface area contributed by atoms with E-state index in [2.05, 4.69) is 24.1 Å². The summed E-state index contributed by atoms with van der Waals surface area (Å²) in [6, 6.07) is 4.20. The van der Waals surface area contributed by atoms with Crippen LogP contribution in [-0.2, 0) is 0 Å². The van der Waals surface area contributed by atoms with Gasteiger partial charge in [-0.3, -0.25) is 0 Å². The molecule has 0 aliphatic rings. The topological polar surface area (TPSA) is 34.1 Å². The number of rotatable bonds is 3. The van der Waals surface area contributed by atoms with Crippen molar-refractivity contribution in [3.05, 3.63) is 18.3 Å². The zero-order chi connectivity index (χ0) is 11.0. The minimum atomic E-state index is 0.408. The van der Waals surface area contributed by atoms with Crippen molar-refractivity contribution in [3.8, 4) is 5.75 Å². The third-order valence-electron chi connectivity index (χ3n) is 1.41. The molecule has 0 saturated carbocycles. The molecule has 0 fully saturated rings. The number of nitrogens with one attached hydrogen (secondary N) is 1. The first-order valence-corrected chi connectivity index (χ1v) is 4.99. The quantitative estimate of drug-likeness (QED) is 0.807. The number of pyridine rings is 1. The number of hydrogen-bond acceptors (Lipinski definition) is 3. The molecule has 0 radical (unpaired) electrons. The number of nitrogens with zero attached hydrogens (tertiary/aromatic N) is 1. The molecule has 0 bridgehead atoms. The van der Waals surface area contributed by atoms with Gasteiger partial charge in [0.05, 0.1) is 13.3 Å². The molecule has 14 heavy (non-hydrogen) atoms. The van der Waals surface area contributed by atoms with Crippen LogP contribution < -0.4 is 10.1 Å². The first-order chi connectivity index (χ1) is 6.72. The van der Waals surface area contributed by atoms with Gasteiger partial charge in [-0.2, -0.15) is 0 Å². The average molecular weight is 196 g/mol. The first kappa shape index (κ1) is 12.8. The maximum atomic E-state index is 4.98. The van der Waals surface area contributed by atoms with Crippen LogP contribution in [0.4, 0.5) is 5.82 Å². The van der Waals surface area contributed by atoms with Gasteiger partial charge in [-0.05, 0) is 26.0 Å². The Morgan fingerprint density at radius 1 is 1.29 bits per heavy atom. The average Bonchev–Trinajstić information content (AvgIpc) is 2.21. The minimum absolute atomic E-state index is 0.408. The predicted molar refractivity (Wildman–Crippen MR) is 60.9 cm³/mol. The number of hydrogen-bond donors (Lipinski definition) is 1. The second-order valence-corrected chi connectivity index (χ2v) is 2.88. The van der Waals surface area contributed by atoms with E-state index in [1.165, 1.54) is 0 Å². The number of aromatic nitrogens is 1. The monoisotopic (exact) mass is 196 g/mol. The van der Waals surface area contributed by atoms with Crippen LogP contribution in [0.3, 0.4) is 0 Å². The lowest BCUT2D eigenvalue weighted by Crippen LogP contribution is -2.10. The third-order valence-corrected chi connectivity index (χ3v) is 1.41. The Morgan fingerprint density at radius 2 is 1.93 bits per heavy atom. The van der Waals surface area contributed by atoms with Crippen LogP contribution in [0.2, 0.25) is 0 Å². The Morgan fingerprint density at radius 3 is 2.29 bits per heavy atom. The smallest absolute Gasteiger partial charge is 0.137 e. The molecular formula is C11H20N2O. The summed E-state index contributed by atoms with van der Waals surface area (Å²) in [7, 11) is 1.63. The lowest BCUT2D eigenvalue weighted by Gasteiger charge is -2.08. The van der Waals surface area contributed by atoms with E-state index in [-0.39, 0.29) is 0 Å². The second kappa shape index (κ2) is 7.18. The molecule has 0 unspecified atom stereocenters. The van der Waals surface area contributed by atoms with Gasteiger partial charge in [-0.25, -0.2) is 4.98 Å². The lowest BCUT2D eigenvalue weighted by atomic mass is 10.3. The number of ether oxygens (including phenoxy) is 1. The molecule has 1 heterocycles. The van der Waals surface area contributed by atoms with Crippen molar-refractivity contribution in [2.45, 2.75) is 33.7 Å². The van der Waals surface area contributed by atoms with Crippen LogP contribution in [0.25, 0.3) is 0 Å². The Kier molecular flexibility index (Phi) is 6.54. The van der Waals surface area contributed by atoms with Gasteiger partial charge in [0.2, 0.25) is 0 Å². The second-order valence-electron chi connectivity index (χ2n) is 2.88. The molecule has 0 aliphatic heterocycles. The molecule has 0 amide bonds. The predicted octanol–water partition coefficient (Wildman–Crippen LogP) is 2.94. The van der Waals surface area contributed by atoms with Crippen molar-refractivity contribution in [2.24, 2.45) is 0 Å². The molecular weight excluding hydrogens is 176 g/mol. The lowest BCUT2D eigenvalue weighted by molar-refractivity contribution is 0.413. The highest BCUT2D eigenvalue weighted by molar-refractivity contribution is 5.37. The molecule has 0 spiro atoms. The van der Waals surface area contributed by atoms with E-state index in [9.17, 15) is 0 Å². The summed E-state index contributed by atoms with van der Waals surface area (Å²) in [5.74, 6) is 1.66. The van der Waals surface area contributed by atoms with Gasteiger partial charge in [-0.15, -0.1) is 0 Å². The molecule has 3 nitrogen and oxygen atoms in total. The van der Waals surface area contributed by atoms with Crippen molar-refractivity contribution >= 4 is 5.82 Å². The zero-order valence-electron chi connectivity index (χ0n) is 9.66. The van der Waals surface area contributed by atoms with E-state index in [0.29, 0.717) is 6.04 Å². The fraction of sp³-hybridized carbons (Fsp3) is 0.545. The van der Waals surface area contributed by atoms with Gasteiger partial charge >= 0.3 is 0 Å². The van der Waals surface area contributed by atoms with Crippen molar-refractivity contribution in [3.63, 3.8) is 0 Å². The summed E-state index contributed by atoms with van der Waals surface area (Å²) >= 11 is 0. The molecule has 0 atom stereocenters. The summed E-state index contributed by atoms with van der Waals surface area (Å²) in [6.07, 6.45) is 1.70. The van der Waals surface area contributed by atoms with E-state index >= 15 is 0 Å². The number of anilines is 1. The van der Waals surface area contributed by atoms with Gasteiger partial charge in [0.1, 0.15) is 11.6 Å². The molecule has 3 heteroatoms. The molecule has 0 aliphatic carbocycles. The van der Waals surface area contributed by atoms with Crippen LogP contribution in [0.5, 0.6) is 5.75 Å². The fourth-order valence-corrected chi connectivity index (χ4v) is 0.882. The number of methoxy groups -OCH3 is 1. The molecule has 0 aromatic carbocycles. The van der Waals surface area contributed by atoms with Crippen LogP contribution in [0.1, 0.15) is 27.7 Å². The summed E-state index contributed by atoms with van der Waals surface area (Å²) < 4.78 is 4.98. The Bertz CT molecular complexity index is 232. The normalized spacial score (nSPS) is 9.00. The van der Waals surface area contributed by atoms with Crippen molar-refractivity contribution in [1.82, 2.24) is 4.98 Å². The Labute approximate surface area is 86.5 Å². The Hall–Kier alpha value is -1.25. The molecule has 1 rings (SSSR count). The summed E-state index contributed by atoms with van der Waals surface area (Å²) in [6.45, 7) is 8.15. The highest BCUT2D eigenvalue weighted by atomic mass is 16.5. The third kappa shape index (κ3) is 4.70. The van der Waals surface area contributed by atoms with Gasteiger partial charge in [0, 0.05) is 6.04 Å². The van der Waals surface area contributed by atoms with Gasteiger partial charge in [0.25, 0.3) is 0 Å². The van der Waals surface area contributed by atoms with E-state index in [1.807, 2.05) is 26.0 Å². The summed E-state index contributed by atoms with van der Waals surface area (Å²) in [5, 5.41) is 3.19. The SMILES string of the molecule is CC.COc1ccc(NC(C)C)nc1. The molecule has 0 saturated heterocycles. The first-order valence-electron chi connectivity index (χ1n) is 4.99. The Balaban J connectivity index is 0.000000791. The maximum absolute atomic E-state index is 4.98. The molecule has 80 valence electrons. The molecule has 1 aromatic rings. The van der Waals surface area contributed by atoms with E-state index in [0.717, 1.165) is 11.6 Å². The van der Waals surface area contributed by atoms with E-state index < -0.39 is 0 Å². The fourth-order valence-electron chi connectivity index (χ4n) is 0.882. The summed E-state index contributed by atoms with van der Waals surface area (Å²) in [4.78, 5) is 4.15. The molecule has 1 N–H and O–H groups in total. The van der Waals surface area contributed by atoms with E-state index in [1.54, 1.807) is 13.3 Å². The van der Waals surface area contributed by atoms with Crippen LogP contribution in [-0.4, -0.2) is 18.1 Å². The van der Waals surface area contributed by atoms with Gasteiger partial charge < -0.3 is 10.1 Å². The van der Waals surface area contributed by atoms with Crippen LogP contribution in [0, 0.1) is 0 Å². The highest BCUT2D eigenvalue weighted by Crippen LogP contribution is 2.11. The van der Waals surface area contributed by atoms with Crippen molar-refractivity contribution in [2.75, 3.05) is 12.4 Å². The minimum Gasteiger partial charge on any atom is -0.495 e. The van der Waals surface area contributed by atoms with Crippen LogP contribution in [0.15, 0.2) is 18.3 Å². The summed E-state index contributed by atoms with van der Waals surface area (Å²) in [5.41, 5.74) is 0. The van der Waals surface area contributed by atoms with Crippen molar-refractivity contribution < 1.29 is 4.74 Å².